The highest BCUT2D eigenvalue weighted by atomic mass is 16.3. The van der Waals surface area contributed by atoms with Crippen molar-refractivity contribution in [3.05, 3.63) is 29.8 Å². The van der Waals surface area contributed by atoms with Crippen LogP contribution in [0.4, 0.5) is 5.69 Å². The van der Waals surface area contributed by atoms with Crippen LogP contribution in [0, 0.1) is 0 Å². The minimum atomic E-state index is 0.0856. The summed E-state index contributed by atoms with van der Waals surface area (Å²) in [6.07, 6.45) is 4.70. The van der Waals surface area contributed by atoms with Crippen molar-refractivity contribution in [1.82, 2.24) is 0 Å². The molecule has 0 aliphatic heterocycles. The summed E-state index contributed by atoms with van der Waals surface area (Å²) < 4.78 is 0. The smallest absolute Gasteiger partial charge is 0.0606 e. The first-order chi connectivity index (χ1) is 8.77. The molecular formula is C15H24N2O. The van der Waals surface area contributed by atoms with Crippen LogP contribution in [0.1, 0.15) is 44.2 Å². The van der Waals surface area contributed by atoms with Crippen molar-refractivity contribution in [3.63, 3.8) is 0 Å². The molecule has 100 valence electrons. The van der Waals surface area contributed by atoms with Gasteiger partial charge in [-0.15, -0.1) is 0 Å². The van der Waals surface area contributed by atoms with Crippen LogP contribution in [0.25, 0.3) is 0 Å². The van der Waals surface area contributed by atoms with E-state index in [2.05, 4.69) is 30.0 Å². The molecule has 2 rings (SSSR count). The first-order valence-electron chi connectivity index (χ1n) is 7.00. The van der Waals surface area contributed by atoms with Gasteiger partial charge in [0.25, 0.3) is 0 Å². The Morgan fingerprint density at radius 3 is 2.67 bits per heavy atom. The lowest BCUT2D eigenvalue weighted by Gasteiger charge is -2.40. The number of aliphatic hydroxyl groups excluding tert-OH is 1. The molecule has 0 aromatic heterocycles. The number of rotatable bonds is 6. The second-order valence-electron chi connectivity index (χ2n) is 5.08. The van der Waals surface area contributed by atoms with Crippen molar-refractivity contribution >= 4 is 5.69 Å². The third-order valence-electron chi connectivity index (χ3n) is 3.94. The van der Waals surface area contributed by atoms with Gasteiger partial charge in [0, 0.05) is 24.3 Å². The van der Waals surface area contributed by atoms with E-state index in [4.69, 9.17) is 5.73 Å². The predicted octanol–water partition coefficient (Wildman–Crippen LogP) is 2.45. The molecule has 3 N–H and O–H groups in total. The van der Waals surface area contributed by atoms with E-state index in [-0.39, 0.29) is 12.6 Å². The molecule has 1 aliphatic carbocycles. The van der Waals surface area contributed by atoms with Gasteiger partial charge in [0.1, 0.15) is 0 Å². The molecule has 0 amide bonds. The summed E-state index contributed by atoms with van der Waals surface area (Å²) in [4.78, 5) is 2.34. The second kappa shape index (κ2) is 6.21. The van der Waals surface area contributed by atoms with Gasteiger partial charge < -0.3 is 15.7 Å². The molecule has 1 aromatic rings. The fourth-order valence-corrected chi connectivity index (χ4v) is 2.59. The molecule has 0 heterocycles. The Labute approximate surface area is 110 Å². The third-order valence-corrected chi connectivity index (χ3v) is 3.94. The Bertz CT molecular complexity index is 377. The summed E-state index contributed by atoms with van der Waals surface area (Å²) in [6.45, 7) is 3.02. The average molecular weight is 248 g/mol. The Balaban J connectivity index is 2.27. The van der Waals surface area contributed by atoms with E-state index in [9.17, 15) is 5.11 Å². The first kappa shape index (κ1) is 13.4. The van der Waals surface area contributed by atoms with Gasteiger partial charge in [0.15, 0.2) is 0 Å². The Kier molecular flexibility index (Phi) is 4.61. The lowest BCUT2D eigenvalue weighted by molar-refractivity contribution is 0.283. The molecule has 0 saturated heterocycles. The monoisotopic (exact) mass is 248 g/mol. The van der Waals surface area contributed by atoms with Crippen LogP contribution in [0.5, 0.6) is 0 Å². The van der Waals surface area contributed by atoms with Crippen molar-refractivity contribution in [1.29, 1.82) is 0 Å². The molecule has 1 aliphatic rings. The van der Waals surface area contributed by atoms with Gasteiger partial charge in [-0.25, -0.2) is 0 Å². The molecule has 1 atom stereocenters. The van der Waals surface area contributed by atoms with Crippen molar-refractivity contribution in [2.24, 2.45) is 5.73 Å². The molecule has 1 saturated carbocycles. The molecule has 0 radical (unpaired) electrons. The summed E-state index contributed by atoms with van der Waals surface area (Å²) in [5, 5.41) is 9.28. The van der Waals surface area contributed by atoms with Gasteiger partial charge in [-0.1, -0.05) is 25.1 Å². The zero-order valence-corrected chi connectivity index (χ0v) is 11.2. The third kappa shape index (κ3) is 2.68. The Morgan fingerprint density at radius 2 is 2.11 bits per heavy atom. The standard InChI is InChI=1S/C15H24N2O/c1-2-14(16)13-8-3-4-9-15(13)17(10-11-18)12-6-5-7-12/h3-4,8-9,12,14,18H,2,5-7,10-11,16H2,1H3/t14-/m0/s1. The highest BCUT2D eigenvalue weighted by Gasteiger charge is 2.26. The summed E-state index contributed by atoms with van der Waals surface area (Å²) >= 11 is 0. The van der Waals surface area contributed by atoms with E-state index in [1.165, 1.54) is 30.5 Å². The molecule has 1 aromatic carbocycles. The maximum atomic E-state index is 9.28. The van der Waals surface area contributed by atoms with Crippen LogP contribution in [0.2, 0.25) is 0 Å². The van der Waals surface area contributed by atoms with Gasteiger partial charge in [-0.05, 0) is 37.3 Å². The van der Waals surface area contributed by atoms with Crippen molar-refractivity contribution in [3.8, 4) is 0 Å². The lowest BCUT2D eigenvalue weighted by Crippen LogP contribution is -2.42. The summed E-state index contributed by atoms with van der Waals surface area (Å²) in [5.41, 5.74) is 8.62. The maximum Gasteiger partial charge on any atom is 0.0606 e. The minimum absolute atomic E-state index is 0.0856. The van der Waals surface area contributed by atoms with Crippen molar-refractivity contribution < 1.29 is 5.11 Å². The highest BCUT2D eigenvalue weighted by Crippen LogP contribution is 2.33. The van der Waals surface area contributed by atoms with E-state index in [0.29, 0.717) is 12.6 Å². The van der Waals surface area contributed by atoms with Crippen LogP contribution < -0.4 is 10.6 Å². The van der Waals surface area contributed by atoms with E-state index in [1.54, 1.807) is 0 Å². The van der Waals surface area contributed by atoms with Crippen molar-refractivity contribution in [2.45, 2.75) is 44.7 Å². The summed E-state index contributed by atoms with van der Waals surface area (Å²) in [7, 11) is 0. The molecule has 3 heteroatoms. The fourth-order valence-electron chi connectivity index (χ4n) is 2.59. The van der Waals surface area contributed by atoms with Crippen molar-refractivity contribution in [2.75, 3.05) is 18.1 Å². The maximum absolute atomic E-state index is 9.28. The van der Waals surface area contributed by atoms with Crippen LogP contribution in [-0.2, 0) is 0 Å². The van der Waals surface area contributed by atoms with Crippen LogP contribution in [0.15, 0.2) is 24.3 Å². The molecular weight excluding hydrogens is 224 g/mol. The fraction of sp³-hybridized carbons (Fsp3) is 0.600. The second-order valence-corrected chi connectivity index (χ2v) is 5.08. The first-order valence-corrected chi connectivity index (χ1v) is 7.00. The summed E-state index contributed by atoms with van der Waals surface area (Å²) in [6, 6.07) is 9.03. The van der Waals surface area contributed by atoms with Gasteiger partial charge in [-0.3, -0.25) is 0 Å². The highest BCUT2D eigenvalue weighted by molar-refractivity contribution is 5.56. The number of hydrogen-bond donors (Lipinski definition) is 2. The SMILES string of the molecule is CC[C@H](N)c1ccccc1N(CCO)C1CCC1. The molecule has 0 unspecified atom stereocenters. The predicted molar refractivity (Wildman–Crippen MR) is 75.7 cm³/mol. The van der Waals surface area contributed by atoms with E-state index < -0.39 is 0 Å². The number of benzene rings is 1. The Hall–Kier alpha value is -1.06. The topological polar surface area (TPSA) is 49.5 Å². The Morgan fingerprint density at radius 1 is 1.39 bits per heavy atom. The van der Waals surface area contributed by atoms with Gasteiger partial charge in [-0.2, -0.15) is 0 Å². The van der Waals surface area contributed by atoms with Crippen LogP contribution in [0.3, 0.4) is 0 Å². The average Bonchev–Trinajstić information content (AvgIpc) is 2.35. The van der Waals surface area contributed by atoms with Crippen LogP contribution >= 0.6 is 0 Å². The molecule has 0 spiro atoms. The zero-order chi connectivity index (χ0) is 13.0. The number of nitrogens with two attached hydrogens (primary N) is 1. The molecule has 18 heavy (non-hydrogen) atoms. The largest absolute Gasteiger partial charge is 0.395 e. The van der Waals surface area contributed by atoms with Gasteiger partial charge in [0.2, 0.25) is 0 Å². The number of aliphatic hydroxyl groups is 1. The van der Waals surface area contributed by atoms with Crippen LogP contribution in [-0.4, -0.2) is 24.3 Å². The number of nitrogens with zero attached hydrogens (tertiary/aromatic N) is 1. The molecule has 1 fully saturated rings. The van der Waals surface area contributed by atoms with Gasteiger partial charge in [0.05, 0.1) is 6.61 Å². The molecule has 3 nitrogen and oxygen atoms in total. The number of anilines is 1. The lowest BCUT2D eigenvalue weighted by atomic mass is 9.90. The van der Waals surface area contributed by atoms with E-state index >= 15 is 0 Å². The zero-order valence-electron chi connectivity index (χ0n) is 11.2. The quantitative estimate of drug-likeness (QED) is 0.813. The summed E-state index contributed by atoms with van der Waals surface area (Å²) in [5.74, 6) is 0. The van der Waals surface area contributed by atoms with Gasteiger partial charge >= 0.3 is 0 Å². The van der Waals surface area contributed by atoms with E-state index in [0.717, 1.165) is 6.42 Å². The number of para-hydroxylation sites is 1. The number of hydrogen-bond acceptors (Lipinski definition) is 3. The molecule has 0 bridgehead atoms. The minimum Gasteiger partial charge on any atom is -0.395 e. The normalized spacial score (nSPS) is 17.3. The van der Waals surface area contributed by atoms with E-state index in [1.807, 2.05) is 6.07 Å².